The van der Waals surface area contributed by atoms with Crippen LogP contribution in [0.1, 0.15) is 89.6 Å². The van der Waals surface area contributed by atoms with Gasteiger partial charge in [-0.05, 0) is 88.3 Å². The summed E-state index contributed by atoms with van der Waals surface area (Å²) in [5.41, 5.74) is 7.12. The number of carboxylic acids is 2. The normalized spacial score (nSPS) is 17.6. The van der Waals surface area contributed by atoms with Crippen LogP contribution in [0.15, 0.2) is 12.1 Å². The third-order valence-electron chi connectivity index (χ3n) is 6.22. The molecule has 1 saturated heterocycles. The molecule has 2 atom stereocenters. The van der Waals surface area contributed by atoms with E-state index in [1.165, 1.54) is 12.8 Å². The number of hydrogen-bond donors (Lipinski definition) is 3. The molecule has 1 aromatic rings. The first-order valence-electron chi connectivity index (χ1n) is 10.9. The monoisotopic (exact) mass is 438 g/mol. The van der Waals surface area contributed by atoms with Crippen LogP contribution in [0.2, 0.25) is 0 Å². The van der Waals surface area contributed by atoms with Crippen LogP contribution in [0.4, 0.5) is 0 Å². The van der Waals surface area contributed by atoms with Gasteiger partial charge in [-0.1, -0.05) is 19.3 Å². The lowest BCUT2D eigenvalue weighted by molar-refractivity contribution is 0.0696. The number of benzene rings is 1. The highest BCUT2D eigenvalue weighted by Gasteiger charge is 2.24. The van der Waals surface area contributed by atoms with Crippen LogP contribution in [-0.4, -0.2) is 58.1 Å². The van der Waals surface area contributed by atoms with Crippen molar-refractivity contribution in [2.45, 2.75) is 76.1 Å². The Hall–Kier alpha value is -1.63. The maximum Gasteiger partial charge on any atom is 0.335 e. The van der Waals surface area contributed by atoms with E-state index in [4.69, 9.17) is 17.3 Å². The first kappa shape index (κ1) is 24.6. The summed E-state index contributed by atoms with van der Waals surface area (Å²) in [6.45, 7) is 6.49. The molecule has 6 nitrogen and oxygen atoms in total. The highest BCUT2D eigenvalue weighted by atomic mass is 35.5. The maximum atomic E-state index is 11.5. The van der Waals surface area contributed by atoms with E-state index in [9.17, 15) is 19.8 Å². The van der Waals surface area contributed by atoms with Crippen LogP contribution in [0.25, 0.3) is 0 Å². The first-order chi connectivity index (χ1) is 14.2. The van der Waals surface area contributed by atoms with Crippen LogP contribution < -0.4 is 5.73 Å². The minimum absolute atomic E-state index is 0.0413. The highest BCUT2D eigenvalue weighted by molar-refractivity contribution is 6.21. The average molecular weight is 439 g/mol. The molecule has 1 aliphatic rings. The van der Waals surface area contributed by atoms with E-state index in [1.54, 1.807) is 19.1 Å². The fourth-order valence-electron chi connectivity index (χ4n) is 4.20. The maximum absolute atomic E-state index is 11.5. The summed E-state index contributed by atoms with van der Waals surface area (Å²) in [6, 6.07) is 3.37. The zero-order valence-corrected chi connectivity index (χ0v) is 18.8. The number of unbranched alkanes of at least 4 members (excludes halogenated alkanes) is 3. The van der Waals surface area contributed by atoms with Gasteiger partial charge in [0.25, 0.3) is 0 Å². The van der Waals surface area contributed by atoms with E-state index < -0.39 is 11.9 Å². The number of nitrogens with two attached hydrogens (primary N) is 1. The fourth-order valence-corrected chi connectivity index (χ4v) is 4.35. The van der Waals surface area contributed by atoms with Crippen LogP contribution in [0.3, 0.4) is 0 Å². The third-order valence-corrected chi connectivity index (χ3v) is 6.84. The third kappa shape index (κ3) is 6.96. The van der Waals surface area contributed by atoms with Gasteiger partial charge < -0.3 is 20.8 Å². The van der Waals surface area contributed by atoms with Crippen molar-refractivity contribution in [3.8, 4) is 0 Å². The van der Waals surface area contributed by atoms with Crippen molar-refractivity contribution in [2.75, 3.05) is 19.6 Å². The van der Waals surface area contributed by atoms with E-state index in [0.717, 1.165) is 57.3 Å². The van der Waals surface area contributed by atoms with Crippen molar-refractivity contribution >= 4 is 23.5 Å². The number of carbonyl (C=O) groups is 2. The zero-order valence-electron chi connectivity index (χ0n) is 18.1. The van der Waals surface area contributed by atoms with Gasteiger partial charge in [-0.3, -0.25) is 0 Å². The number of halogens is 1. The lowest BCUT2D eigenvalue weighted by Gasteiger charge is -2.32. The summed E-state index contributed by atoms with van der Waals surface area (Å²) in [4.78, 5) is 25.5. The Morgan fingerprint density at radius 2 is 1.63 bits per heavy atom. The summed E-state index contributed by atoms with van der Waals surface area (Å²) in [6.07, 6.45) is 7.44. The largest absolute Gasteiger partial charge is 0.478 e. The molecule has 0 saturated carbocycles. The molecule has 0 radical (unpaired) electrons. The van der Waals surface area contributed by atoms with Crippen LogP contribution in [-0.2, 0) is 0 Å². The smallest absolute Gasteiger partial charge is 0.335 e. The molecule has 168 valence electrons. The Labute approximate surface area is 184 Å². The first-order valence-corrected chi connectivity index (χ1v) is 11.4. The topological polar surface area (TPSA) is 104 Å². The molecule has 2 unspecified atom stereocenters. The molecule has 7 heteroatoms. The van der Waals surface area contributed by atoms with E-state index >= 15 is 0 Å². The summed E-state index contributed by atoms with van der Waals surface area (Å²) in [5.74, 6) is -1.94. The van der Waals surface area contributed by atoms with Crippen molar-refractivity contribution in [1.82, 2.24) is 4.90 Å². The predicted octanol–water partition coefficient (Wildman–Crippen LogP) is 4.48. The molecule has 0 aliphatic carbocycles. The molecule has 1 aliphatic heterocycles. The number of piperidine rings is 1. The van der Waals surface area contributed by atoms with Crippen molar-refractivity contribution in [3.63, 3.8) is 0 Å². The second-order valence-electron chi connectivity index (χ2n) is 8.55. The number of carboxylic acid groups (broad SMARTS) is 2. The van der Waals surface area contributed by atoms with Crippen LogP contribution >= 0.6 is 11.6 Å². The van der Waals surface area contributed by atoms with Crippen LogP contribution in [0, 0.1) is 6.92 Å². The molecular weight excluding hydrogens is 404 g/mol. The van der Waals surface area contributed by atoms with Gasteiger partial charge in [-0.25, -0.2) is 9.59 Å². The lowest BCUT2D eigenvalue weighted by atomic mass is 9.86. The highest BCUT2D eigenvalue weighted by Crippen LogP contribution is 2.31. The van der Waals surface area contributed by atoms with Crippen molar-refractivity contribution in [1.29, 1.82) is 0 Å². The van der Waals surface area contributed by atoms with E-state index in [0.29, 0.717) is 5.56 Å². The minimum atomic E-state index is -1.07. The molecule has 0 spiro atoms. The second-order valence-corrected chi connectivity index (χ2v) is 9.11. The molecule has 2 rings (SSSR count). The molecule has 30 heavy (non-hydrogen) atoms. The lowest BCUT2D eigenvalue weighted by Crippen LogP contribution is -2.33. The Bertz CT molecular complexity index is 695. The van der Waals surface area contributed by atoms with E-state index in [-0.39, 0.29) is 28.5 Å². The Morgan fingerprint density at radius 1 is 1.10 bits per heavy atom. The second kappa shape index (κ2) is 11.7. The molecule has 0 bridgehead atoms. The van der Waals surface area contributed by atoms with Gasteiger partial charge in [-0.2, -0.15) is 0 Å². The molecule has 1 heterocycles. The zero-order chi connectivity index (χ0) is 22.3. The Balaban J connectivity index is 1.80. The van der Waals surface area contributed by atoms with E-state index in [2.05, 4.69) is 4.90 Å². The van der Waals surface area contributed by atoms with Gasteiger partial charge in [-0.15, -0.1) is 11.6 Å². The number of nitrogens with zero attached hydrogens (tertiary/aromatic N) is 1. The summed E-state index contributed by atoms with van der Waals surface area (Å²) < 4.78 is 0. The molecular formula is C23H35ClN2O4. The number of hydrogen-bond acceptors (Lipinski definition) is 4. The summed E-state index contributed by atoms with van der Waals surface area (Å²) in [5, 5.41) is 18.9. The quantitative estimate of drug-likeness (QED) is 0.347. The van der Waals surface area contributed by atoms with Crippen molar-refractivity contribution in [2.24, 2.45) is 5.73 Å². The predicted molar refractivity (Wildman–Crippen MR) is 120 cm³/mol. The SMILES string of the molecule is Cc1c(C(=O)O)cc(C2CCN(CCCCCCC(Cl)C(C)N)CC2)cc1C(=O)O. The van der Waals surface area contributed by atoms with Gasteiger partial charge in [0.15, 0.2) is 0 Å². The molecule has 4 N–H and O–H groups in total. The fraction of sp³-hybridized carbons (Fsp3) is 0.652. The van der Waals surface area contributed by atoms with Crippen molar-refractivity contribution < 1.29 is 19.8 Å². The van der Waals surface area contributed by atoms with Gasteiger partial charge in [0, 0.05) is 11.4 Å². The average Bonchev–Trinajstić information content (AvgIpc) is 2.70. The molecule has 1 fully saturated rings. The Morgan fingerprint density at radius 3 is 2.13 bits per heavy atom. The summed E-state index contributed by atoms with van der Waals surface area (Å²) >= 11 is 6.18. The number of rotatable bonds is 11. The number of likely N-dealkylation sites (tertiary alicyclic amines) is 1. The van der Waals surface area contributed by atoms with Gasteiger partial charge >= 0.3 is 11.9 Å². The molecule has 0 amide bonds. The van der Waals surface area contributed by atoms with Crippen molar-refractivity contribution in [3.05, 3.63) is 34.4 Å². The minimum Gasteiger partial charge on any atom is -0.478 e. The summed E-state index contributed by atoms with van der Waals surface area (Å²) in [7, 11) is 0. The van der Waals surface area contributed by atoms with Crippen LogP contribution in [0.5, 0.6) is 0 Å². The van der Waals surface area contributed by atoms with Gasteiger partial charge in [0.05, 0.1) is 11.1 Å². The Kier molecular flexibility index (Phi) is 9.59. The standard InChI is InChI=1S/C23H35ClN2O4/c1-15-19(22(27)28)13-18(14-20(15)23(29)30)17-8-11-26(12-9-17)10-6-4-3-5-7-21(24)16(2)25/h13-14,16-17,21H,3-12,25H2,1-2H3,(H,27,28)(H,29,30). The number of aromatic carboxylic acids is 2. The number of alkyl halides is 1. The molecule has 1 aromatic carbocycles. The van der Waals surface area contributed by atoms with Gasteiger partial charge in [0.2, 0.25) is 0 Å². The molecule has 0 aromatic heterocycles. The van der Waals surface area contributed by atoms with Gasteiger partial charge in [0.1, 0.15) is 0 Å². The van der Waals surface area contributed by atoms with E-state index in [1.807, 2.05) is 6.92 Å².